The number of allylic oxidation sites excluding steroid dienone is 2. The van der Waals surface area contributed by atoms with Crippen molar-refractivity contribution in [2.24, 2.45) is 5.92 Å². The fourth-order valence-electron chi connectivity index (χ4n) is 2.10. The molecule has 1 rings (SSSR count). The van der Waals surface area contributed by atoms with Crippen molar-refractivity contribution in [2.75, 3.05) is 32.8 Å². The van der Waals surface area contributed by atoms with E-state index in [1.54, 1.807) is 0 Å². The SMILES string of the molecule is OCC[NH+](CCO)C[C@@H]1CC=CCC1. The number of nitrogens with one attached hydrogen (secondary N) is 1. The Hall–Kier alpha value is -0.380. The van der Waals surface area contributed by atoms with Gasteiger partial charge in [-0.15, -0.1) is 0 Å². The maximum atomic E-state index is 8.88. The largest absolute Gasteiger partial charge is 0.391 e. The van der Waals surface area contributed by atoms with Gasteiger partial charge < -0.3 is 15.1 Å². The minimum Gasteiger partial charge on any atom is -0.391 e. The summed E-state index contributed by atoms with van der Waals surface area (Å²) >= 11 is 0. The zero-order valence-electron chi connectivity index (χ0n) is 8.78. The molecule has 0 amide bonds. The third-order valence-corrected chi connectivity index (χ3v) is 2.89. The standard InChI is InChI=1S/C11H21NO2/c13-8-6-12(7-9-14)10-11-4-2-1-3-5-11/h1-2,11,13-14H,3-10H2/p+1/t11-/m1/s1. The van der Waals surface area contributed by atoms with Crippen molar-refractivity contribution in [1.29, 1.82) is 0 Å². The molecular weight excluding hydrogens is 178 g/mol. The van der Waals surface area contributed by atoms with Gasteiger partial charge in [-0.1, -0.05) is 12.2 Å². The average molecular weight is 200 g/mol. The Kier molecular flexibility index (Phi) is 5.83. The summed E-state index contributed by atoms with van der Waals surface area (Å²) in [6.45, 7) is 3.06. The van der Waals surface area contributed by atoms with Gasteiger partial charge in [0, 0.05) is 5.92 Å². The third-order valence-electron chi connectivity index (χ3n) is 2.89. The molecule has 0 aliphatic heterocycles. The van der Waals surface area contributed by atoms with Crippen molar-refractivity contribution >= 4 is 0 Å². The Morgan fingerprint density at radius 2 is 1.86 bits per heavy atom. The summed E-state index contributed by atoms with van der Waals surface area (Å²) in [7, 11) is 0. The van der Waals surface area contributed by atoms with E-state index in [-0.39, 0.29) is 13.2 Å². The van der Waals surface area contributed by atoms with Crippen molar-refractivity contribution in [3.8, 4) is 0 Å². The predicted octanol–water partition coefficient (Wildman–Crippen LogP) is -0.788. The number of quaternary nitrogens is 1. The summed E-state index contributed by atoms with van der Waals surface area (Å²) in [6.07, 6.45) is 8.12. The fraction of sp³-hybridized carbons (Fsp3) is 0.818. The second-order valence-electron chi connectivity index (χ2n) is 4.05. The minimum absolute atomic E-state index is 0.220. The van der Waals surface area contributed by atoms with Crippen LogP contribution in [0.5, 0.6) is 0 Å². The van der Waals surface area contributed by atoms with Crippen LogP contribution in [0.3, 0.4) is 0 Å². The first-order chi connectivity index (χ1) is 6.86. The molecule has 0 aromatic rings. The highest BCUT2D eigenvalue weighted by molar-refractivity contribution is 4.89. The highest BCUT2D eigenvalue weighted by Gasteiger charge is 2.16. The second kappa shape index (κ2) is 6.98. The Labute approximate surface area is 86.0 Å². The van der Waals surface area contributed by atoms with Crippen molar-refractivity contribution < 1.29 is 15.1 Å². The molecule has 0 spiro atoms. The van der Waals surface area contributed by atoms with Crippen molar-refractivity contribution in [3.63, 3.8) is 0 Å². The van der Waals surface area contributed by atoms with E-state index < -0.39 is 0 Å². The number of aliphatic hydroxyl groups is 2. The average Bonchev–Trinajstić information content (AvgIpc) is 2.20. The molecule has 1 aliphatic carbocycles. The normalized spacial score (nSPS) is 21.8. The number of hydrogen-bond donors (Lipinski definition) is 3. The smallest absolute Gasteiger partial charge is 0.101 e. The quantitative estimate of drug-likeness (QED) is 0.492. The Morgan fingerprint density at radius 3 is 2.36 bits per heavy atom. The lowest BCUT2D eigenvalue weighted by Gasteiger charge is -2.24. The lowest BCUT2D eigenvalue weighted by molar-refractivity contribution is -0.904. The molecule has 1 atom stereocenters. The molecule has 0 bridgehead atoms. The van der Waals surface area contributed by atoms with Gasteiger partial charge in [-0.2, -0.15) is 0 Å². The number of aliphatic hydroxyl groups excluding tert-OH is 2. The highest BCUT2D eigenvalue weighted by atomic mass is 16.3. The first-order valence-corrected chi connectivity index (χ1v) is 5.57. The van der Waals surface area contributed by atoms with Gasteiger partial charge >= 0.3 is 0 Å². The first-order valence-electron chi connectivity index (χ1n) is 5.57. The number of rotatable bonds is 6. The molecule has 0 heterocycles. The first kappa shape index (κ1) is 11.7. The summed E-state index contributed by atoms with van der Waals surface area (Å²) in [6, 6.07) is 0. The molecule has 3 heteroatoms. The van der Waals surface area contributed by atoms with Crippen LogP contribution < -0.4 is 4.90 Å². The topological polar surface area (TPSA) is 44.9 Å². The molecule has 0 saturated heterocycles. The van der Waals surface area contributed by atoms with Crippen LogP contribution in [0.4, 0.5) is 0 Å². The zero-order chi connectivity index (χ0) is 10.2. The Morgan fingerprint density at radius 1 is 1.14 bits per heavy atom. The fourth-order valence-corrected chi connectivity index (χ4v) is 2.10. The van der Waals surface area contributed by atoms with E-state index in [0.29, 0.717) is 0 Å². The molecule has 0 saturated carbocycles. The van der Waals surface area contributed by atoms with E-state index in [1.807, 2.05) is 0 Å². The van der Waals surface area contributed by atoms with Crippen LogP contribution in [0.15, 0.2) is 12.2 Å². The molecule has 3 nitrogen and oxygen atoms in total. The van der Waals surface area contributed by atoms with E-state index in [4.69, 9.17) is 10.2 Å². The Bertz CT molecular complexity index is 165. The lowest BCUT2D eigenvalue weighted by Crippen LogP contribution is -3.13. The summed E-state index contributed by atoms with van der Waals surface area (Å²) in [5.41, 5.74) is 0. The van der Waals surface area contributed by atoms with E-state index in [0.717, 1.165) is 25.6 Å². The molecule has 1 aliphatic rings. The molecule has 0 unspecified atom stereocenters. The summed E-state index contributed by atoms with van der Waals surface area (Å²) in [5.74, 6) is 0.744. The minimum atomic E-state index is 0.220. The Balaban J connectivity index is 2.26. The number of hydrogen-bond acceptors (Lipinski definition) is 2. The van der Waals surface area contributed by atoms with Crippen LogP contribution in [0.1, 0.15) is 19.3 Å². The summed E-state index contributed by atoms with van der Waals surface area (Å²) in [5, 5.41) is 17.8. The van der Waals surface area contributed by atoms with Crippen molar-refractivity contribution in [3.05, 3.63) is 12.2 Å². The van der Waals surface area contributed by atoms with Gasteiger partial charge in [-0.05, 0) is 19.3 Å². The van der Waals surface area contributed by atoms with Crippen LogP contribution in [0.2, 0.25) is 0 Å². The molecule has 0 radical (unpaired) electrons. The van der Waals surface area contributed by atoms with Crippen LogP contribution in [0.25, 0.3) is 0 Å². The summed E-state index contributed by atoms with van der Waals surface area (Å²) < 4.78 is 0. The molecular formula is C11H22NO2+. The zero-order valence-corrected chi connectivity index (χ0v) is 8.78. The van der Waals surface area contributed by atoms with Gasteiger partial charge in [0.2, 0.25) is 0 Å². The van der Waals surface area contributed by atoms with Crippen LogP contribution in [-0.4, -0.2) is 43.1 Å². The third kappa shape index (κ3) is 4.22. The summed E-state index contributed by atoms with van der Waals surface area (Å²) in [4.78, 5) is 1.33. The maximum Gasteiger partial charge on any atom is 0.101 e. The molecule has 14 heavy (non-hydrogen) atoms. The van der Waals surface area contributed by atoms with Crippen LogP contribution in [0, 0.1) is 5.92 Å². The molecule has 0 fully saturated rings. The van der Waals surface area contributed by atoms with E-state index in [2.05, 4.69) is 12.2 Å². The van der Waals surface area contributed by atoms with Gasteiger partial charge in [0.05, 0.1) is 19.8 Å². The van der Waals surface area contributed by atoms with Gasteiger partial charge in [0.1, 0.15) is 13.1 Å². The molecule has 82 valence electrons. The molecule has 0 aromatic carbocycles. The van der Waals surface area contributed by atoms with Gasteiger partial charge in [0.15, 0.2) is 0 Å². The lowest BCUT2D eigenvalue weighted by atomic mass is 9.94. The second-order valence-corrected chi connectivity index (χ2v) is 4.05. The highest BCUT2D eigenvalue weighted by Crippen LogP contribution is 2.15. The maximum absolute atomic E-state index is 8.88. The molecule has 3 N–H and O–H groups in total. The van der Waals surface area contributed by atoms with E-state index in [9.17, 15) is 0 Å². The van der Waals surface area contributed by atoms with Gasteiger partial charge in [-0.25, -0.2) is 0 Å². The van der Waals surface area contributed by atoms with Gasteiger partial charge in [0.25, 0.3) is 0 Å². The van der Waals surface area contributed by atoms with Crippen molar-refractivity contribution in [1.82, 2.24) is 0 Å². The molecule has 0 aromatic heterocycles. The van der Waals surface area contributed by atoms with Gasteiger partial charge in [-0.3, -0.25) is 0 Å². The van der Waals surface area contributed by atoms with Crippen LogP contribution in [-0.2, 0) is 0 Å². The van der Waals surface area contributed by atoms with E-state index >= 15 is 0 Å². The monoisotopic (exact) mass is 200 g/mol. The van der Waals surface area contributed by atoms with Crippen LogP contribution >= 0.6 is 0 Å². The van der Waals surface area contributed by atoms with Crippen molar-refractivity contribution in [2.45, 2.75) is 19.3 Å². The predicted molar refractivity (Wildman–Crippen MR) is 56.2 cm³/mol. The van der Waals surface area contributed by atoms with E-state index in [1.165, 1.54) is 24.2 Å².